The number of halogens is 1. The summed E-state index contributed by atoms with van der Waals surface area (Å²) in [5.74, 6) is 0.702. The highest BCUT2D eigenvalue weighted by Gasteiger charge is 2.19. The van der Waals surface area contributed by atoms with Gasteiger partial charge in [0.2, 0.25) is 0 Å². The van der Waals surface area contributed by atoms with E-state index in [0.29, 0.717) is 36.4 Å². The van der Waals surface area contributed by atoms with E-state index < -0.39 is 17.3 Å². The molecule has 0 saturated heterocycles. The van der Waals surface area contributed by atoms with E-state index in [1.165, 1.54) is 23.1 Å². The zero-order valence-corrected chi connectivity index (χ0v) is 16.9. The van der Waals surface area contributed by atoms with Crippen LogP contribution in [0.4, 0.5) is 10.2 Å². The number of aromatic nitrogens is 4. The topological polar surface area (TPSA) is 122 Å². The van der Waals surface area contributed by atoms with E-state index in [1.807, 2.05) is 0 Å². The van der Waals surface area contributed by atoms with Crippen LogP contribution in [-0.2, 0) is 37.1 Å². The summed E-state index contributed by atoms with van der Waals surface area (Å²) in [6, 6.07) is 4.48. The van der Waals surface area contributed by atoms with Crippen LogP contribution in [0.25, 0.3) is 11.2 Å². The van der Waals surface area contributed by atoms with Gasteiger partial charge in [-0.2, -0.15) is 14.4 Å². The first-order chi connectivity index (χ1) is 13.9. The van der Waals surface area contributed by atoms with Crippen molar-refractivity contribution >= 4 is 28.2 Å². The number of nitrogens with one attached hydrogen (secondary N) is 1. The van der Waals surface area contributed by atoms with Gasteiger partial charge in [0.15, 0.2) is 17.0 Å². The maximum absolute atomic E-state index is 13.8. The Bertz CT molecular complexity index is 1100. The summed E-state index contributed by atoms with van der Waals surface area (Å²) in [4.78, 5) is 12.1. The zero-order chi connectivity index (χ0) is 20.5. The van der Waals surface area contributed by atoms with E-state index >= 15 is 0 Å². The minimum Gasteiger partial charge on any atom is -0.760 e. The largest absolute Gasteiger partial charge is 0.760 e. The summed E-state index contributed by atoms with van der Waals surface area (Å²) in [5.41, 5.74) is 11.7. The van der Waals surface area contributed by atoms with Crippen molar-refractivity contribution in [3.8, 4) is 0 Å². The monoisotopic (exact) mass is 417 g/mol. The van der Waals surface area contributed by atoms with Gasteiger partial charge in [-0.15, -0.1) is 0 Å². The Hall–Kier alpha value is -2.43. The van der Waals surface area contributed by atoms with Crippen molar-refractivity contribution in [2.45, 2.75) is 45.6 Å². The molecule has 2 heterocycles. The van der Waals surface area contributed by atoms with E-state index in [1.54, 1.807) is 4.57 Å². The van der Waals surface area contributed by atoms with Gasteiger partial charge in [0.05, 0.1) is 0 Å². The molecule has 1 aliphatic rings. The Morgan fingerprint density at radius 3 is 2.79 bits per heavy atom. The average Bonchev–Trinajstić information content (AvgIpc) is 3.23. The highest BCUT2D eigenvalue weighted by atomic mass is 32.2. The molecule has 0 saturated carbocycles. The molecule has 1 atom stereocenters. The van der Waals surface area contributed by atoms with Crippen LogP contribution in [0.15, 0.2) is 12.1 Å². The fourth-order valence-electron chi connectivity index (χ4n) is 3.96. The molecule has 1 aromatic carbocycles. The van der Waals surface area contributed by atoms with Gasteiger partial charge in [0.1, 0.15) is 5.82 Å². The van der Waals surface area contributed by atoms with Crippen LogP contribution < -0.4 is 10.5 Å². The first kappa shape index (κ1) is 19.9. The summed E-state index contributed by atoms with van der Waals surface area (Å²) < 4.78 is 39.3. The number of imidazole rings is 1. The summed E-state index contributed by atoms with van der Waals surface area (Å²) in [5, 5.41) is 0. The quantitative estimate of drug-likeness (QED) is 0.343. The highest BCUT2D eigenvalue weighted by Crippen LogP contribution is 2.28. The summed E-state index contributed by atoms with van der Waals surface area (Å²) in [7, 11) is 0. The fourth-order valence-corrected chi connectivity index (χ4v) is 4.27. The molecule has 0 bridgehead atoms. The van der Waals surface area contributed by atoms with Crippen LogP contribution in [0.3, 0.4) is 0 Å². The predicted molar refractivity (Wildman–Crippen MR) is 107 cm³/mol. The predicted octanol–water partition coefficient (Wildman–Crippen LogP) is 1.71. The zero-order valence-electron chi connectivity index (χ0n) is 16.1. The summed E-state index contributed by atoms with van der Waals surface area (Å²) in [6.45, 7) is 2.77. The molecule has 3 aromatic rings. The second-order valence-electron chi connectivity index (χ2n) is 7.29. The van der Waals surface area contributed by atoms with Crippen molar-refractivity contribution < 1.29 is 13.2 Å². The molecule has 154 valence electrons. The first-order valence-corrected chi connectivity index (χ1v) is 10.6. The van der Waals surface area contributed by atoms with Crippen LogP contribution in [0.1, 0.15) is 40.9 Å². The molecule has 4 rings (SSSR count). The Morgan fingerprint density at radius 1 is 1.28 bits per heavy atom. The van der Waals surface area contributed by atoms with Crippen LogP contribution in [0, 0.1) is 13.0 Å². The number of rotatable bonds is 7. The van der Waals surface area contributed by atoms with E-state index in [4.69, 9.17) is 5.73 Å². The van der Waals surface area contributed by atoms with Gasteiger partial charge in [-0.3, -0.25) is 4.21 Å². The van der Waals surface area contributed by atoms with Gasteiger partial charge in [-0.05, 0) is 54.9 Å². The molecular weight excluding hydrogens is 395 g/mol. The molecule has 1 aliphatic carbocycles. The van der Waals surface area contributed by atoms with Crippen LogP contribution in [0.5, 0.6) is 0 Å². The van der Waals surface area contributed by atoms with Gasteiger partial charge in [0, 0.05) is 30.8 Å². The van der Waals surface area contributed by atoms with Crippen molar-refractivity contribution in [2.24, 2.45) is 0 Å². The van der Waals surface area contributed by atoms with Crippen molar-refractivity contribution in [2.75, 3.05) is 12.3 Å². The Kier molecular flexibility index (Phi) is 5.57. The molecule has 0 fully saturated rings. The average molecular weight is 417 g/mol. The Morgan fingerprint density at radius 2 is 2.03 bits per heavy atom. The molecule has 0 spiro atoms. The molecule has 0 aliphatic heterocycles. The minimum atomic E-state index is -2.32. The number of nitrogen functional groups attached to an aromatic ring is 1. The SMILES string of the molecule is Cc1cc2c(cc1Cc1nc3c(N)nc(F)nc3n1CCCNS(=O)[O-])CCC2. The lowest BCUT2D eigenvalue weighted by atomic mass is 9.98. The van der Waals surface area contributed by atoms with E-state index in [-0.39, 0.29) is 12.4 Å². The van der Waals surface area contributed by atoms with Gasteiger partial charge in [0.25, 0.3) is 0 Å². The van der Waals surface area contributed by atoms with Gasteiger partial charge in [-0.25, -0.2) is 9.71 Å². The number of hydrogen-bond acceptors (Lipinski definition) is 6. The third-order valence-electron chi connectivity index (χ3n) is 5.35. The maximum Gasteiger partial charge on any atom is 0.312 e. The molecule has 1 unspecified atom stereocenters. The minimum absolute atomic E-state index is 0.00281. The molecular formula is C19H22FN6O2S-. The van der Waals surface area contributed by atoms with Crippen molar-refractivity contribution in [1.82, 2.24) is 24.2 Å². The van der Waals surface area contributed by atoms with Crippen molar-refractivity contribution in [3.05, 3.63) is 46.3 Å². The van der Waals surface area contributed by atoms with Crippen LogP contribution in [-0.4, -0.2) is 34.8 Å². The smallest absolute Gasteiger partial charge is 0.312 e. The number of fused-ring (bicyclic) bond motifs is 2. The molecule has 10 heteroatoms. The fraction of sp³-hybridized carbons (Fsp3) is 0.421. The standard InChI is InChI=1S/C19H23FN6O2S/c1-11-8-12-4-2-5-13(12)9-14(11)10-15-23-16-17(21)24-19(20)25-18(16)26(15)7-3-6-22-29(27)28/h8-9,22H,2-7,10H2,1H3,(H,27,28)(H2,21,24,25)/p-1. The second kappa shape index (κ2) is 8.13. The van der Waals surface area contributed by atoms with E-state index in [9.17, 15) is 13.2 Å². The lowest BCUT2D eigenvalue weighted by molar-refractivity contribution is 0.516. The summed E-state index contributed by atoms with van der Waals surface area (Å²) in [6.07, 6.45) is 3.53. The van der Waals surface area contributed by atoms with E-state index in [2.05, 4.69) is 38.7 Å². The van der Waals surface area contributed by atoms with Gasteiger partial charge < -0.3 is 14.9 Å². The molecule has 0 radical (unpaired) electrons. The second-order valence-corrected chi connectivity index (χ2v) is 8.05. The number of hydrogen-bond donors (Lipinski definition) is 2. The normalized spacial score (nSPS) is 14.4. The molecule has 8 nitrogen and oxygen atoms in total. The summed E-state index contributed by atoms with van der Waals surface area (Å²) >= 11 is -2.32. The lowest BCUT2D eigenvalue weighted by Gasteiger charge is -2.13. The third kappa shape index (κ3) is 4.14. The molecule has 29 heavy (non-hydrogen) atoms. The third-order valence-corrected chi connectivity index (χ3v) is 5.79. The van der Waals surface area contributed by atoms with Crippen LogP contribution >= 0.6 is 0 Å². The number of anilines is 1. The van der Waals surface area contributed by atoms with Gasteiger partial charge >= 0.3 is 6.08 Å². The number of benzene rings is 1. The number of aryl methyl sites for hydroxylation is 4. The molecule has 2 aromatic heterocycles. The Labute approximate surface area is 170 Å². The Balaban J connectivity index is 1.70. The van der Waals surface area contributed by atoms with Crippen molar-refractivity contribution in [3.63, 3.8) is 0 Å². The van der Waals surface area contributed by atoms with Gasteiger partial charge in [-0.1, -0.05) is 12.1 Å². The van der Waals surface area contributed by atoms with Crippen LogP contribution in [0.2, 0.25) is 0 Å². The number of nitrogens with two attached hydrogens (primary N) is 1. The number of nitrogens with zero attached hydrogens (tertiary/aromatic N) is 4. The maximum atomic E-state index is 13.8. The first-order valence-electron chi connectivity index (χ1n) is 9.54. The molecule has 3 N–H and O–H groups in total. The van der Waals surface area contributed by atoms with Crippen molar-refractivity contribution in [1.29, 1.82) is 0 Å². The molecule has 0 amide bonds. The highest BCUT2D eigenvalue weighted by molar-refractivity contribution is 7.77. The lowest BCUT2D eigenvalue weighted by Crippen LogP contribution is -2.19. The van der Waals surface area contributed by atoms with E-state index in [0.717, 1.165) is 18.4 Å².